The third-order valence-electron chi connectivity index (χ3n) is 2.97. The van der Waals surface area contributed by atoms with E-state index in [4.69, 9.17) is 10.4 Å². The molecule has 19 heavy (non-hydrogen) atoms. The molecule has 0 aliphatic rings. The number of amides is 2. The number of rotatable bonds is 8. The maximum atomic E-state index is 11.7. The molecule has 0 fully saturated rings. The largest absolute Gasteiger partial charge is 0.481 e. The highest BCUT2D eigenvalue weighted by atomic mass is 16.4. The van der Waals surface area contributed by atoms with Gasteiger partial charge < -0.3 is 15.3 Å². The van der Waals surface area contributed by atoms with Crippen LogP contribution >= 0.6 is 0 Å². The van der Waals surface area contributed by atoms with Gasteiger partial charge in [-0.1, -0.05) is 13.3 Å². The normalized spacial score (nSPS) is 13.2. The molecule has 2 unspecified atom stereocenters. The number of carboxylic acid groups (broad SMARTS) is 1. The van der Waals surface area contributed by atoms with E-state index in [1.807, 2.05) is 13.0 Å². The highest BCUT2D eigenvalue weighted by Gasteiger charge is 2.14. The Morgan fingerprint density at radius 2 is 2.00 bits per heavy atom. The van der Waals surface area contributed by atoms with Gasteiger partial charge >= 0.3 is 12.0 Å². The summed E-state index contributed by atoms with van der Waals surface area (Å²) in [5.74, 6) is -1.13. The molecule has 6 heteroatoms. The molecule has 2 atom stereocenters. The Morgan fingerprint density at radius 3 is 2.53 bits per heavy atom. The maximum Gasteiger partial charge on any atom is 0.317 e. The van der Waals surface area contributed by atoms with Crippen LogP contribution in [0.2, 0.25) is 0 Å². The van der Waals surface area contributed by atoms with Crippen LogP contribution in [0.4, 0.5) is 4.79 Å². The molecule has 0 saturated heterocycles. The van der Waals surface area contributed by atoms with E-state index >= 15 is 0 Å². The molecule has 0 bridgehead atoms. The Balaban J connectivity index is 3.85. The van der Waals surface area contributed by atoms with Crippen molar-refractivity contribution in [2.75, 3.05) is 13.6 Å². The second-order valence-corrected chi connectivity index (χ2v) is 4.85. The lowest BCUT2D eigenvalue weighted by atomic mass is 10.0. The van der Waals surface area contributed by atoms with Crippen LogP contribution in [0.3, 0.4) is 0 Å². The summed E-state index contributed by atoms with van der Waals surface area (Å²) in [6.07, 6.45) is 2.43. The van der Waals surface area contributed by atoms with E-state index in [0.717, 1.165) is 12.8 Å². The van der Waals surface area contributed by atoms with Gasteiger partial charge in [0.25, 0.3) is 0 Å². The first-order valence-electron chi connectivity index (χ1n) is 6.49. The summed E-state index contributed by atoms with van der Waals surface area (Å²) in [4.78, 5) is 23.8. The van der Waals surface area contributed by atoms with Gasteiger partial charge in [0.2, 0.25) is 0 Å². The quantitative estimate of drug-likeness (QED) is 0.702. The van der Waals surface area contributed by atoms with Crippen LogP contribution in [0, 0.1) is 17.2 Å². The van der Waals surface area contributed by atoms with Crippen molar-refractivity contribution in [2.45, 2.75) is 45.6 Å². The Bertz CT molecular complexity index is 339. The minimum atomic E-state index is -0.784. The Morgan fingerprint density at radius 1 is 1.37 bits per heavy atom. The van der Waals surface area contributed by atoms with E-state index in [0.29, 0.717) is 19.4 Å². The van der Waals surface area contributed by atoms with Crippen LogP contribution in [-0.4, -0.2) is 41.6 Å². The molecule has 0 radical (unpaired) electrons. The van der Waals surface area contributed by atoms with Gasteiger partial charge in [-0.15, -0.1) is 0 Å². The van der Waals surface area contributed by atoms with Crippen LogP contribution in [0.25, 0.3) is 0 Å². The predicted octanol–water partition coefficient (Wildman–Crippen LogP) is 1.82. The zero-order valence-electron chi connectivity index (χ0n) is 11.8. The van der Waals surface area contributed by atoms with Crippen LogP contribution in [0.15, 0.2) is 0 Å². The van der Waals surface area contributed by atoms with E-state index < -0.39 is 5.97 Å². The van der Waals surface area contributed by atoms with Crippen molar-refractivity contribution in [3.05, 3.63) is 0 Å². The second kappa shape index (κ2) is 9.20. The van der Waals surface area contributed by atoms with Gasteiger partial charge in [0.05, 0.1) is 18.4 Å². The summed E-state index contributed by atoms with van der Waals surface area (Å²) in [6, 6.07) is 1.79. The number of carboxylic acids is 1. The van der Waals surface area contributed by atoms with E-state index in [1.165, 1.54) is 4.90 Å². The molecule has 0 aromatic carbocycles. The monoisotopic (exact) mass is 269 g/mol. The molecule has 0 aliphatic carbocycles. The SMILES string of the molecule is CC(CCCC(C)C(=O)O)NC(=O)N(C)CCC#N. The molecular weight excluding hydrogens is 246 g/mol. The van der Waals surface area contributed by atoms with E-state index in [-0.39, 0.29) is 18.0 Å². The fourth-order valence-corrected chi connectivity index (χ4v) is 1.57. The van der Waals surface area contributed by atoms with Crippen molar-refractivity contribution in [3.63, 3.8) is 0 Å². The van der Waals surface area contributed by atoms with Crippen molar-refractivity contribution in [1.82, 2.24) is 10.2 Å². The Hall–Kier alpha value is -1.77. The van der Waals surface area contributed by atoms with Gasteiger partial charge in [0, 0.05) is 19.6 Å². The fraction of sp³-hybridized carbons (Fsp3) is 0.769. The lowest BCUT2D eigenvalue weighted by molar-refractivity contribution is -0.141. The summed E-state index contributed by atoms with van der Waals surface area (Å²) < 4.78 is 0. The summed E-state index contributed by atoms with van der Waals surface area (Å²) in [6.45, 7) is 3.98. The second-order valence-electron chi connectivity index (χ2n) is 4.85. The summed E-state index contributed by atoms with van der Waals surface area (Å²) in [7, 11) is 1.64. The number of hydrogen-bond donors (Lipinski definition) is 2. The van der Waals surface area contributed by atoms with Gasteiger partial charge in [0.1, 0.15) is 0 Å². The first-order valence-corrected chi connectivity index (χ1v) is 6.49. The molecule has 0 aromatic rings. The molecule has 0 heterocycles. The van der Waals surface area contributed by atoms with Gasteiger partial charge in [-0.2, -0.15) is 5.26 Å². The lowest BCUT2D eigenvalue weighted by Gasteiger charge is -2.20. The molecule has 0 aliphatic heterocycles. The molecule has 0 saturated carbocycles. The average molecular weight is 269 g/mol. The minimum Gasteiger partial charge on any atom is -0.481 e. The summed E-state index contributed by atoms with van der Waals surface area (Å²) in [5.41, 5.74) is 0. The number of nitrogens with zero attached hydrogens (tertiary/aromatic N) is 2. The van der Waals surface area contributed by atoms with Crippen molar-refractivity contribution in [2.24, 2.45) is 5.92 Å². The van der Waals surface area contributed by atoms with Crippen LogP contribution in [-0.2, 0) is 4.79 Å². The summed E-state index contributed by atoms with van der Waals surface area (Å²) >= 11 is 0. The van der Waals surface area contributed by atoms with Crippen molar-refractivity contribution < 1.29 is 14.7 Å². The lowest BCUT2D eigenvalue weighted by Crippen LogP contribution is -2.42. The molecule has 6 nitrogen and oxygen atoms in total. The zero-order valence-corrected chi connectivity index (χ0v) is 11.8. The number of carbonyl (C=O) groups excluding carboxylic acids is 1. The standard InChI is InChI=1S/C13H23N3O3/c1-10(12(17)18)6-4-7-11(2)15-13(19)16(3)9-5-8-14/h10-11H,4-7,9H2,1-3H3,(H,15,19)(H,17,18). The number of hydrogen-bond acceptors (Lipinski definition) is 3. The third-order valence-corrected chi connectivity index (χ3v) is 2.97. The number of nitrogens with one attached hydrogen (secondary N) is 1. The van der Waals surface area contributed by atoms with E-state index in [1.54, 1.807) is 14.0 Å². The van der Waals surface area contributed by atoms with Crippen molar-refractivity contribution >= 4 is 12.0 Å². The fourth-order valence-electron chi connectivity index (χ4n) is 1.57. The van der Waals surface area contributed by atoms with Gasteiger partial charge in [0.15, 0.2) is 0 Å². The van der Waals surface area contributed by atoms with Crippen molar-refractivity contribution in [1.29, 1.82) is 5.26 Å². The third kappa shape index (κ3) is 8.03. The number of aliphatic carboxylic acids is 1. The first-order chi connectivity index (χ1) is 8.88. The Kier molecular flexibility index (Phi) is 8.34. The van der Waals surface area contributed by atoms with E-state index in [2.05, 4.69) is 5.32 Å². The van der Waals surface area contributed by atoms with E-state index in [9.17, 15) is 9.59 Å². The maximum absolute atomic E-state index is 11.7. The van der Waals surface area contributed by atoms with Crippen LogP contribution < -0.4 is 5.32 Å². The van der Waals surface area contributed by atoms with Gasteiger partial charge in [-0.3, -0.25) is 4.79 Å². The molecule has 108 valence electrons. The molecule has 0 spiro atoms. The molecular formula is C13H23N3O3. The molecule has 0 rings (SSSR count). The van der Waals surface area contributed by atoms with Crippen LogP contribution in [0.1, 0.15) is 39.5 Å². The molecule has 2 N–H and O–H groups in total. The predicted molar refractivity (Wildman–Crippen MR) is 71.5 cm³/mol. The molecule has 2 amide bonds. The van der Waals surface area contributed by atoms with Gasteiger partial charge in [-0.25, -0.2) is 4.79 Å². The first kappa shape index (κ1) is 17.2. The molecule has 0 aromatic heterocycles. The smallest absolute Gasteiger partial charge is 0.317 e. The van der Waals surface area contributed by atoms with Crippen LogP contribution in [0.5, 0.6) is 0 Å². The number of urea groups is 1. The number of carbonyl (C=O) groups is 2. The van der Waals surface area contributed by atoms with Gasteiger partial charge in [-0.05, 0) is 19.8 Å². The van der Waals surface area contributed by atoms with Crippen molar-refractivity contribution in [3.8, 4) is 6.07 Å². The average Bonchev–Trinajstić information content (AvgIpc) is 2.35. The highest BCUT2D eigenvalue weighted by molar-refractivity contribution is 5.74. The Labute approximate surface area is 114 Å². The summed E-state index contributed by atoms with van der Waals surface area (Å²) in [5, 5.41) is 20.0. The topological polar surface area (TPSA) is 93.4 Å². The minimum absolute atomic E-state index is 0.00182. The number of nitriles is 1. The highest BCUT2D eigenvalue weighted by Crippen LogP contribution is 2.09. The zero-order chi connectivity index (χ0) is 14.8.